The van der Waals surface area contributed by atoms with Crippen LogP contribution in [0.4, 0.5) is 0 Å². The van der Waals surface area contributed by atoms with Gasteiger partial charge in [0.05, 0.1) is 0 Å². The Morgan fingerprint density at radius 2 is 0.600 bits per heavy atom. The minimum atomic E-state index is 0. The van der Waals surface area contributed by atoms with Crippen LogP contribution in [-0.4, -0.2) is 5.21 Å². The van der Waals surface area contributed by atoms with Gasteiger partial charge in [0.1, 0.15) is 0 Å². The molecule has 0 aromatic carbocycles. The molecule has 1 N–H and O–H groups in total. The van der Waals surface area contributed by atoms with Gasteiger partial charge in [0, 0.05) is 20.1 Å². The topological polar surface area (TPSA) is 312 Å². The smallest absolute Gasteiger partial charge is 1.00 e. The average Bonchev–Trinajstić information content (AvgIpc) is 2.23. The summed E-state index contributed by atoms with van der Waals surface area (Å²) in [6.45, 7) is 0. The van der Waals surface area contributed by atoms with Crippen molar-refractivity contribution in [2.45, 2.75) is 0 Å². The van der Waals surface area contributed by atoms with E-state index in [1.54, 1.807) is 0 Å². The van der Waals surface area contributed by atoms with Crippen molar-refractivity contribution in [2.75, 3.05) is 0 Å². The van der Waals surface area contributed by atoms with Crippen LogP contribution >= 0.6 is 0 Å². The largest absolute Gasteiger partial charge is 1.00 e. The van der Waals surface area contributed by atoms with Crippen molar-refractivity contribution >= 4 is 0 Å². The summed E-state index contributed by atoms with van der Waals surface area (Å²) < 4.78 is 0. The molecule has 0 aromatic heterocycles. The Morgan fingerprint density at radius 3 is 0.600 bits per heavy atom. The molecule has 0 saturated heterocycles. The molecule has 0 aliphatic rings. The van der Waals surface area contributed by atoms with E-state index in [2.05, 4.69) is 0 Å². The second-order valence-corrected chi connectivity index (χ2v) is 0.454. The van der Waals surface area contributed by atoms with Gasteiger partial charge in [-0.1, -0.05) is 0 Å². The van der Waals surface area contributed by atoms with Gasteiger partial charge in [-0.25, -0.2) is 0 Å². The molecule has 0 heterocycles. The maximum Gasteiger partial charge on any atom is 1.00 e. The van der Waals surface area contributed by atoms with E-state index in [1.807, 2.05) is 0 Å². The van der Waals surface area contributed by atoms with Gasteiger partial charge in [-0.15, -0.1) is 31.6 Å². The molecule has 0 atom stereocenters. The van der Waals surface area contributed by atoms with Crippen LogP contribution in [0, 0.1) is 55.5 Å². The van der Waals surface area contributed by atoms with Crippen molar-refractivity contribution in [3.8, 4) is 0 Å². The number of nitrogens with zero attached hydrogens (tertiary/aromatic N) is 6. The van der Waals surface area contributed by atoms with Crippen LogP contribution in [0.1, 0.15) is 1.43 Å². The molecular formula is H2IrKN6O12-5. The third-order valence-electron chi connectivity index (χ3n) is 0. The fraction of sp³-hybridized carbons (Fsp3) is 0. The third kappa shape index (κ3) is 2380. The van der Waals surface area contributed by atoms with Gasteiger partial charge in [-0.3, -0.25) is 0 Å². The second-order valence-electron chi connectivity index (χ2n) is 0.454. The second kappa shape index (κ2) is 224. The minimum Gasteiger partial charge on any atom is -1.00 e. The maximum atomic E-state index is 8.11. The van der Waals surface area contributed by atoms with Crippen molar-refractivity contribution in [2.24, 2.45) is 32.0 Å². The molecule has 18 nitrogen and oxygen atoms in total. The van der Waals surface area contributed by atoms with E-state index in [-0.39, 0.29) is 72.9 Å². The first-order valence-electron chi connectivity index (χ1n) is 2.21. The Labute approximate surface area is 164 Å². The van der Waals surface area contributed by atoms with Crippen LogP contribution in [0.2, 0.25) is 0 Å². The van der Waals surface area contributed by atoms with Crippen LogP contribution in [0.15, 0.2) is 32.0 Å². The molecule has 0 aromatic rings. The van der Waals surface area contributed by atoms with E-state index >= 15 is 0 Å². The predicted octanol–water partition coefficient (Wildman–Crippen LogP) is -1.49. The van der Waals surface area contributed by atoms with Gasteiger partial charge in [0.15, 0.2) is 5.34 Å². The summed E-state index contributed by atoms with van der Waals surface area (Å²) in [5, 5.41) is 52.9. The molecular weight excluding hydrogens is 507 g/mol. The molecule has 0 aliphatic carbocycles. The van der Waals surface area contributed by atoms with Gasteiger partial charge in [0.25, 0.3) is 0 Å². The van der Waals surface area contributed by atoms with Crippen LogP contribution in [0.25, 0.3) is 0 Å². The molecule has 1 radical (unpaired) electrons. The van der Waals surface area contributed by atoms with Crippen molar-refractivity contribution < 1.29 is 78.1 Å². The fourth-order valence-electron chi connectivity index (χ4n) is 0. The number of hydrogen-bond donors (Lipinski definition) is 1. The summed E-state index contributed by atoms with van der Waals surface area (Å²) in [6.07, 6.45) is 0. The maximum absolute atomic E-state index is 8.11. The predicted molar refractivity (Wildman–Crippen MR) is 54.5 cm³/mol. The van der Waals surface area contributed by atoms with Gasteiger partial charge in [0.2, 0.25) is 0 Å². The zero-order valence-electron chi connectivity index (χ0n) is 9.95. The Kier molecular flexibility index (Phi) is 574. The van der Waals surface area contributed by atoms with E-state index in [4.69, 9.17) is 60.7 Å². The summed E-state index contributed by atoms with van der Waals surface area (Å²) in [4.78, 5) is 48.1. The molecule has 0 spiro atoms. The van der Waals surface area contributed by atoms with E-state index in [9.17, 15) is 0 Å². The molecule has 0 aliphatic heterocycles. The van der Waals surface area contributed by atoms with Crippen LogP contribution in [0.5, 0.6) is 0 Å². The van der Waals surface area contributed by atoms with E-state index in [0.717, 1.165) is 26.7 Å². The molecule has 20 heavy (non-hydrogen) atoms. The Bertz CT molecular complexity index is 125. The summed E-state index contributed by atoms with van der Waals surface area (Å²) in [6, 6.07) is 0. The third-order valence-corrected chi connectivity index (χ3v) is 0. The Balaban J connectivity index is -0.0000000114. The number of hydrogen-bond acceptors (Lipinski definition) is 17. The Morgan fingerprint density at radius 1 is 0.600 bits per heavy atom. The molecule has 0 amide bonds. The standard InChI is InChI=1S/Ir.K.6HNO2.H/c;;6*2-1-3;/h;;6*(H,2,3);/q;+1;;;;;;;-1/p-5. The van der Waals surface area contributed by atoms with E-state index in [1.165, 1.54) is 5.34 Å². The monoisotopic (exact) mass is 510 g/mol. The molecule has 0 bridgehead atoms. The van der Waals surface area contributed by atoms with E-state index < -0.39 is 0 Å². The van der Waals surface area contributed by atoms with Crippen molar-refractivity contribution in [1.29, 1.82) is 0 Å². The van der Waals surface area contributed by atoms with Gasteiger partial charge in [-0.05, 0) is 0 Å². The summed E-state index contributed by atoms with van der Waals surface area (Å²) in [5.74, 6) is 0. The number of rotatable bonds is 0. The quantitative estimate of drug-likeness (QED) is 0.222. The first-order valence-corrected chi connectivity index (χ1v) is 2.21. The molecule has 0 unspecified atom stereocenters. The molecule has 119 valence electrons. The van der Waals surface area contributed by atoms with E-state index in [0.29, 0.717) is 0 Å². The average molecular weight is 509 g/mol. The minimum absolute atomic E-state index is 0. The normalized spacial score (nSPS) is 3.60. The zero-order chi connectivity index (χ0) is 16.2. The van der Waals surface area contributed by atoms with Crippen LogP contribution in [0.3, 0.4) is 0 Å². The van der Waals surface area contributed by atoms with Gasteiger partial charge in [-0.2, -0.15) is 0 Å². The first kappa shape index (κ1) is 51.2. The van der Waals surface area contributed by atoms with Crippen LogP contribution in [-0.2, 0) is 20.1 Å². The summed E-state index contributed by atoms with van der Waals surface area (Å²) >= 11 is 0. The van der Waals surface area contributed by atoms with Gasteiger partial charge >= 0.3 is 51.4 Å². The Hall–Kier alpha value is -1.31. The van der Waals surface area contributed by atoms with Crippen molar-refractivity contribution in [1.82, 2.24) is 0 Å². The van der Waals surface area contributed by atoms with Crippen molar-refractivity contribution in [3.05, 3.63) is 55.5 Å². The summed E-state index contributed by atoms with van der Waals surface area (Å²) in [5.41, 5.74) is 0. The molecule has 0 rings (SSSR count). The van der Waals surface area contributed by atoms with Crippen LogP contribution < -0.4 is 51.4 Å². The zero-order valence-corrected chi connectivity index (χ0v) is 14.5. The van der Waals surface area contributed by atoms with Gasteiger partial charge < -0.3 is 57.2 Å². The molecule has 0 saturated carbocycles. The molecule has 0 fully saturated rings. The SMILES string of the molecule is O=NO.O=N[O-].O=N[O-].O=N[O-].O=N[O-].O=N[O-].[H-].[Ir].[K+]. The summed E-state index contributed by atoms with van der Waals surface area (Å²) in [7, 11) is 0. The molecule has 20 heteroatoms. The fourth-order valence-corrected chi connectivity index (χ4v) is 0. The first-order chi connectivity index (χ1) is 8.49. The van der Waals surface area contributed by atoms with Crippen molar-refractivity contribution in [3.63, 3.8) is 0 Å².